The zero-order chi connectivity index (χ0) is 10.8. The first-order chi connectivity index (χ1) is 7.20. The van der Waals surface area contributed by atoms with Gasteiger partial charge in [-0.1, -0.05) is 12.1 Å². The number of carbonyl (C=O) groups is 2. The van der Waals surface area contributed by atoms with E-state index in [1.54, 1.807) is 24.3 Å². The number of urea groups is 1. The first-order valence-corrected chi connectivity index (χ1v) is 4.32. The lowest BCUT2D eigenvalue weighted by molar-refractivity contribution is -0.120. The van der Waals surface area contributed by atoms with Crippen LogP contribution in [0.2, 0.25) is 0 Å². The molecule has 1 aromatic rings. The Bertz CT molecular complexity index is 459. The molecule has 2 rings (SSSR count). The summed E-state index contributed by atoms with van der Waals surface area (Å²) in [4.78, 5) is 22.1. The second-order valence-electron chi connectivity index (χ2n) is 3.13. The largest absolute Gasteiger partial charge is 0.322 e. The highest BCUT2D eigenvalue weighted by Gasteiger charge is 2.30. The molecular weight excluding hydrogens is 194 g/mol. The molecule has 74 valence electrons. The first-order valence-electron chi connectivity index (χ1n) is 4.32. The molecule has 0 aliphatic carbocycles. The summed E-state index contributed by atoms with van der Waals surface area (Å²) in [6.07, 6.45) is 0. The highest BCUT2D eigenvalue weighted by Crippen LogP contribution is 2.16. The Kier molecular flexibility index (Phi) is 2.10. The van der Waals surface area contributed by atoms with Gasteiger partial charge in [0.05, 0.1) is 11.6 Å². The van der Waals surface area contributed by atoms with Gasteiger partial charge in [0, 0.05) is 0 Å². The van der Waals surface area contributed by atoms with Crippen LogP contribution in [0.25, 0.3) is 0 Å². The first kappa shape index (κ1) is 9.21. The molecule has 1 aromatic carbocycles. The van der Waals surface area contributed by atoms with Gasteiger partial charge in [0.15, 0.2) is 0 Å². The molecule has 3 amide bonds. The summed E-state index contributed by atoms with van der Waals surface area (Å²) in [6.45, 7) is 0. The summed E-state index contributed by atoms with van der Waals surface area (Å²) < 4.78 is 0. The number of nitrogens with zero attached hydrogens (tertiary/aromatic N) is 1. The van der Waals surface area contributed by atoms with Gasteiger partial charge in [0.2, 0.25) is 0 Å². The summed E-state index contributed by atoms with van der Waals surface area (Å²) in [5, 5.41) is 13.2. The number of imide groups is 1. The number of hydrogen-bond acceptors (Lipinski definition) is 3. The normalized spacial score (nSPS) is 19.3. The SMILES string of the molecule is N#Cc1ccc([C@H]2NC(=O)NC2=O)cc1. The third-order valence-corrected chi connectivity index (χ3v) is 2.15. The van der Waals surface area contributed by atoms with E-state index >= 15 is 0 Å². The molecular formula is C10H7N3O2. The van der Waals surface area contributed by atoms with Crippen molar-refractivity contribution in [3.63, 3.8) is 0 Å². The van der Waals surface area contributed by atoms with Crippen LogP contribution in [-0.4, -0.2) is 11.9 Å². The molecule has 0 spiro atoms. The van der Waals surface area contributed by atoms with Gasteiger partial charge in [-0.05, 0) is 17.7 Å². The van der Waals surface area contributed by atoms with Crippen LogP contribution in [0.4, 0.5) is 4.79 Å². The fourth-order valence-corrected chi connectivity index (χ4v) is 1.40. The maximum atomic E-state index is 11.3. The highest BCUT2D eigenvalue weighted by atomic mass is 16.2. The van der Waals surface area contributed by atoms with Crippen LogP contribution in [0.5, 0.6) is 0 Å². The molecule has 2 N–H and O–H groups in total. The molecule has 0 aromatic heterocycles. The number of amides is 3. The maximum Gasteiger partial charge on any atom is 0.322 e. The Balaban J connectivity index is 2.27. The van der Waals surface area contributed by atoms with Crippen LogP contribution in [0.15, 0.2) is 24.3 Å². The Morgan fingerprint density at radius 1 is 1.20 bits per heavy atom. The summed E-state index contributed by atoms with van der Waals surface area (Å²) in [5.74, 6) is -0.371. The molecule has 1 atom stereocenters. The molecule has 1 fully saturated rings. The second-order valence-corrected chi connectivity index (χ2v) is 3.13. The lowest BCUT2D eigenvalue weighted by atomic mass is 10.1. The van der Waals surface area contributed by atoms with Crippen molar-refractivity contribution in [1.29, 1.82) is 5.26 Å². The molecule has 5 nitrogen and oxygen atoms in total. The average molecular weight is 201 g/mol. The van der Waals surface area contributed by atoms with Crippen molar-refractivity contribution in [2.75, 3.05) is 0 Å². The fourth-order valence-electron chi connectivity index (χ4n) is 1.40. The second kappa shape index (κ2) is 3.42. The van der Waals surface area contributed by atoms with E-state index in [9.17, 15) is 9.59 Å². The molecule has 0 bridgehead atoms. The summed E-state index contributed by atoms with van der Waals surface area (Å²) in [5.41, 5.74) is 1.18. The Hall–Kier alpha value is -2.35. The van der Waals surface area contributed by atoms with Crippen LogP contribution >= 0.6 is 0 Å². The standard InChI is InChI=1S/C10H7N3O2/c11-5-6-1-3-7(4-2-6)8-9(14)13-10(15)12-8/h1-4,8H,(H2,12,13,14,15)/t8-/m1/s1. The zero-order valence-corrected chi connectivity index (χ0v) is 7.65. The van der Waals surface area contributed by atoms with E-state index in [0.29, 0.717) is 11.1 Å². The number of rotatable bonds is 1. The smallest absolute Gasteiger partial charge is 0.322 e. The van der Waals surface area contributed by atoms with E-state index in [0.717, 1.165) is 0 Å². The van der Waals surface area contributed by atoms with Crippen LogP contribution in [-0.2, 0) is 4.79 Å². The molecule has 1 aliphatic rings. The average Bonchev–Trinajstić information content (AvgIpc) is 2.58. The molecule has 1 heterocycles. The van der Waals surface area contributed by atoms with E-state index in [4.69, 9.17) is 5.26 Å². The number of carbonyl (C=O) groups excluding carboxylic acids is 2. The quantitative estimate of drug-likeness (QED) is 0.647. The molecule has 5 heteroatoms. The summed E-state index contributed by atoms with van der Waals surface area (Å²) in [7, 11) is 0. The fraction of sp³-hybridized carbons (Fsp3) is 0.100. The minimum atomic E-state index is -0.648. The molecule has 1 aliphatic heterocycles. The van der Waals surface area contributed by atoms with Crippen molar-refractivity contribution in [1.82, 2.24) is 10.6 Å². The zero-order valence-electron chi connectivity index (χ0n) is 7.65. The van der Waals surface area contributed by atoms with Crippen molar-refractivity contribution in [3.8, 4) is 6.07 Å². The topological polar surface area (TPSA) is 82.0 Å². The van der Waals surface area contributed by atoms with E-state index in [-0.39, 0.29) is 5.91 Å². The monoisotopic (exact) mass is 201 g/mol. The van der Waals surface area contributed by atoms with Crippen molar-refractivity contribution in [2.24, 2.45) is 0 Å². The van der Waals surface area contributed by atoms with Gasteiger partial charge in [-0.3, -0.25) is 10.1 Å². The lowest BCUT2D eigenvalue weighted by Crippen LogP contribution is -2.22. The van der Waals surface area contributed by atoms with Crippen molar-refractivity contribution < 1.29 is 9.59 Å². The predicted octanol–water partition coefficient (Wildman–Crippen LogP) is 0.439. The summed E-state index contributed by atoms with van der Waals surface area (Å²) in [6, 6.07) is 7.34. The third-order valence-electron chi connectivity index (χ3n) is 2.15. The van der Waals surface area contributed by atoms with E-state index in [1.165, 1.54) is 0 Å². The maximum absolute atomic E-state index is 11.3. The van der Waals surface area contributed by atoms with Gasteiger partial charge >= 0.3 is 6.03 Å². The molecule has 0 radical (unpaired) electrons. The van der Waals surface area contributed by atoms with Gasteiger partial charge in [-0.15, -0.1) is 0 Å². The minimum Gasteiger partial charge on any atom is -0.322 e. The number of benzene rings is 1. The molecule has 15 heavy (non-hydrogen) atoms. The van der Waals surface area contributed by atoms with Gasteiger partial charge < -0.3 is 5.32 Å². The van der Waals surface area contributed by atoms with Crippen LogP contribution in [0, 0.1) is 11.3 Å². The summed E-state index contributed by atoms with van der Waals surface area (Å²) >= 11 is 0. The predicted molar refractivity (Wildman–Crippen MR) is 50.6 cm³/mol. The van der Waals surface area contributed by atoms with Crippen LogP contribution < -0.4 is 10.6 Å². The van der Waals surface area contributed by atoms with Gasteiger partial charge in [-0.25, -0.2) is 4.79 Å². The van der Waals surface area contributed by atoms with Gasteiger partial charge in [0.1, 0.15) is 6.04 Å². The molecule has 0 unspecified atom stereocenters. The highest BCUT2D eigenvalue weighted by molar-refractivity contribution is 6.04. The van der Waals surface area contributed by atoms with E-state index < -0.39 is 12.1 Å². The number of nitriles is 1. The van der Waals surface area contributed by atoms with Crippen LogP contribution in [0.1, 0.15) is 17.2 Å². The van der Waals surface area contributed by atoms with Crippen molar-refractivity contribution >= 4 is 11.9 Å². The minimum absolute atomic E-state index is 0.371. The third kappa shape index (κ3) is 1.65. The Morgan fingerprint density at radius 2 is 1.87 bits per heavy atom. The molecule has 0 saturated carbocycles. The van der Waals surface area contributed by atoms with Gasteiger partial charge in [0.25, 0.3) is 5.91 Å². The van der Waals surface area contributed by atoms with E-state index in [1.807, 2.05) is 6.07 Å². The number of nitrogens with one attached hydrogen (secondary N) is 2. The van der Waals surface area contributed by atoms with Crippen LogP contribution in [0.3, 0.4) is 0 Å². The van der Waals surface area contributed by atoms with Gasteiger partial charge in [-0.2, -0.15) is 5.26 Å². The van der Waals surface area contributed by atoms with Crippen molar-refractivity contribution in [2.45, 2.75) is 6.04 Å². The lowest BCUT2D eigenvalue weighted by Gasteiger charge is -2.06. The number of hydrogen-bond donors (Lipinski definition) is 2. The Labute approximate surface area is 85.7 Å². The molecule has 1 saturated heterocycles. The Morgan fingerprint density at radius 3 is 2.33 bits per heavy atom. The van der Waals surface area contributed by atoms with Crippen molar-refractivity contribution in [3.05, 3.63) is 35.4 Å². The van der Waals surface area contributed by atoms with E-state index in [2.05, 4.69) is 10.6 Å².